The monoisotopic (exact) mass is 285 g/mol. The summed E-state index contributed by atoms with van der Waals surface area (Å²) in [5.41, 5.74) is 9.49. The van der Waals surface area contributed by atoms with Crippen LogP contribution in [0.15, 0.2) is 41.2 Å². The Balaban J connectivity index is 2.39. The molecule has 2 aromatic rings. The number of allylic oxidation sites excluding steroid dienone is 2. The average Bonchev–Trinajstić information content (AvgIpc) is 2.85. The second-order valence-electron chi connectivity index (χ2n) is 5.23. The average molecular weight is 285 g/mol. The normalized spacial score (nSPS) is 11.6. The van der Waals surface area contributed by atoms with Crippen molar-refractivity contribution in [3.05, 3.63) is 47.2 Å². The largest absolute Gasteiger partial charge is 0.410 e. The van der Waals surface area contributed by atoms with Gasteiger partial charge in [-0.05, 0) is 31.4 Å². The molecule has 1 aromatic heterocycles. The smallest absolute Gasteiger partial charge is 0.266 e. The number of oxime groups is 1. The number of amides is 1. The van der Waals surface area contributed by atoms with E-state index >= 15 is 0 Å². The highest BCUT2D eigenvalue weighted by atomic mass is 16.4. The second kappa shape index (κ2) is 6.26. The van der Waals surface area contributed by atoms with Crippen LogP contribution in [0, 0.1) is 0 Å². The fraction of sp³-hybridized carbons (Fsp3) is 0.250. The van der Waals surface area contributed by atoms with Crippen molar-refractivity contribution in [1.82, 2.24) is 4.98 Å². The standard InChI is InChI=1S/C16H19N3O2/c1-10(2)6-7-11-4-3-5-13-12(9-18-15(11)13)8-14(19-21)16(17)20/h3-6,9,18,21H,7-8H2,1-2H3,(H2,17,20)/b19-14+. The molecular formula is C16H19N3O2. The maximum Gasteiger partial charge on any atom is 0.266 e. The van der Waals surface area contributed by atoms with Crippen LogP contribution in [-0.2, 0) is 17.6 Å². The molecule has 0 saturated heterocycles. The van der Waals surface area contributed by atoms with Gasteiger partial charge in [0.05, 0.1) is 0 Å². The van der Waals surface area contributed by atoms with Crippen molar-refractivity contribution in [3.8, 4) is 0 Å². The Bertz CT molecular complexity index is 722. The molecular weight excluding hydrogens is 266 g/mol. The number of nitrogens with two attached hydrogens (primary N) is 1. The van der Waals surface area contributed by atoms with Crippen molar-refractivity contribution < 1.29 is 10.0 Å². The Morgan fingerprint density at radius 1 is 1.38 bits per heavy atom. The van der Waals surface area contributed by atoms with E-state index in [4.69, 9.17) is 10.9 Å². The van der Waals surface area contributed by atoms with Crippen LogP contribution >= 0.6 is 0 Å². The summed E-state index contributed by atoms with van der Waals surface area (Å²) in [4.78, 5) is 14.4. The summed E-state index contributed by atoms with van der Waals surface area (Å²) in [6, 6.07) is 6.02. The van der Waals surface area contributed by atoms with E-state index in [1.165, 1.54) is 11.1 Å². The number of aromatic nitrogens is 1. The Kier molecular flexibility index (Phi) is 4.42. The van der Waals surface area contributed by atoms with Gasteiger partial charge in [0.1, 0.15) is 5.71 Å². The minimum atomic E-state index is -0.715. The maximum atomic E-state index is 11.2. The Hall–Kier alpha value is -2.56. The second-order valence-corrected chi connectivity index (χ2v) is 5.23. The number of rotatable bonds is 5. The van der Waals surface area contributed by atoms with Crippen LogP contribution < -0.4 is 5.73 Å². The fourth-order valence-electron chi connectivity index (χ4n) is 2.26. The molecule has 0 saturated carbocycles. The number of hydrogen-bond donors (Lipinski definition) is 3. The Morgan fingerprint density at radius 3 is 2.76 bits per heavy atom. The maximum absolute atomic E-state index is 11.2. The van der Waals surface area contributed by atoms with Gasteiger partial charge < -0.3 is 15.9 Å². The highest BCUT2D eigenvalue weighted by Gasteiger charge is 2.13. The summed E-state index contributed by atoms with van der Waals surface area (Å²) in [7, 11) is 0. The number of carbonyl (C=O) groups is 1. The third-order valence-electron chi connectivity index (χ3n) is 3.38. The summed E-state index contributed by atoms with van der Waals surface area (Å²) in [6.07, 6.45) is 5.04. The number of hydrogen-bond acceptors (Lipinski definition) is 3. The number of nitrogens with one attached hydrogen (secondary N) is 1. The summed E-state index contributed by atoms with van der Waals surface area (Å²) in [5.74, 6) is -0.715. The molecule has 0 radical (unpaired) electrons. The zero-order valence-corrected chi connectivity index (χ0v) is 12.2. The first-order valence-electron chi connectivity index (χ1n) is 6.75. The molecule has 2 rings (SSSR count). The number of benzene rings is 1. The van der Waals surface area contributed by atoms with Gasteiger partial charge in [-0.15, -0.1) is 0 Å². The predicted octanol–water partition coefficient (Wildman–Crippen LogP) is 2.53. The van der Waals surface area contributed by atoms with E-state index in [2.05, 4.69) is 36.1 Å². The van der Waals surface area contributed by atoms with Gasteiger partial charge in [0.15, 0.2) is 0 Å². The Morgan fingerprint density at radius 2 is 2.14 bits per heavy atom. The number of carbonyl (C=O) groups excluding carboxylic acids is 1. The first-order valence-corrected chi connectivity index (χ1v) is 6.75. The van der Waals surface area contributed by atoms with E-state index < -0.39 is 5.91 Å². The molecule has 5 heteroatoms. The van der Waals surface area contributed by atoms with E-state index in [1.807, 2.05) is 18.3 Å². The van der Waals surface area contributed by atoms with Crippen molar-refractivity contribution in [1.29, 1.82) is 0 Å². The van der Waals surface area contributed by atoms with Crippen LogP contribution in [0.1, 0.15) is 25.0 Å². The first kappa shape index (κ1) is 14.8. The van der Waals surface area contributed by atoms with Crippen LogP contribution in [0.2, 0.25) is 0 Å². The summed E-state index contributed by atoms with van der Waals surface area (Å²) in [6.45, 7) is 4.13. The van der Waals surface area contributed by atoms with Crippen LogP contribution in [0.25, 0.3) is 10.9 Å². The predicted molar refractivity (Wildman–Crippen MR) is 83.6 cm³/mol. The summed E-state index contributed by atoms with van der Waals surface area (Å²) >= 11 is 0. The van der Waals surface area contributed by atoms with Crippen LogP contribution in [-0.4, -0.2) is 21.8 Å². The lowest BCUT2D eigenvalue weighted by Crippen LogP contribution is -2.25. The number of fused-ring (bicyclic) bond motifs is 1. The zero-order chi connectivity index (χ0) is 15.4. The number of H-pyrrole nitrogens is 1. The Labute approximate surface area is 123 Å². The first-order chi connectivity index (χ1) is 10.0. The molecule has 21 heavy (non-hydrogen) atoms. The van der Waals surface area contributed by atoms with Gasteiger partial charge in [-0.1, -0.05) is 35.0 Å². The van der Waals surface area contributed by atoms with Gasteiger partial charge in [0.25, 0.3) is 5.91 Å². The molecule has 0 aliphatic heterocycles. The minimum Gasteiger partial charge on any atom is -0.410 e. The van der Waals surface area contributed by atoms with E-state index in [0.717, 1.165) is 22.9 Å². The van der Waals surface area contributed by atoms with Gasteiger partial charge in [-0.3, -0.25) is 4.79 Å². The number of para-hydroxylation sites is 1. The summed E-state index contributed by atoms with van der Waals surface area (Å²) < 4.78 is 0. The quantitative estimate of drug-likeness (QED) is 0.341. The van der Waals surface area contributed by atoms with E-state index in [9.17, 15) is 4.79 Å². The number of primary amides is 1. The third kappa shape index (κ3) is 3.31. The molecule has 0 atom stereocenters. The van der Waals surface area contributed by atoms with Crippen LogP contribution in [0.3, 0.4) is 0 Å². The lowest BCUT2D eigenvalue weighted by atomic mass is 10.0. The fourth-order valence-corrected chi connectivity index (χ4v) is 2.26. The number of nitrogens with zero attached hydrogens (tertiary/aromatic N) is 1. The van der Waals surface area contributed by atoms with Crippen molar-refractivity contribution in [2.24, 2.45) is 10.9 Å². The van der Waals surface area contributed by atoms with Crippen molar-refractivity contribution in [3.63, 3.8) is 0 Å². The van der Waals surface area contributed by atoms with Gasteiger partial charge in [-0.2, -0.15) is 0 Å². The van der Waals surface area contributed by atoms with Crippen molar-refractivity contribution in [2.75, 3.05) is 0 Å². The lowest BCUT2D eigenvalue weighted by molar-refractivity contribution is -0.112. The molecule has 1 amide bonds. The van der Waals surface area contributed by atoms with Gasteiger partial charge in [0.2, 0.25) is 0 Å². The molecule has 110 valence electrons. The van der Waals surface area contributed by atoms with Crippen molar-refractivity contribution in [2.45, 2.75) is 26.7 Å². The molecule has 1 aromatic carbocycles. The van der Waals surface area contributed by atoms with Gasteiger partial charge in [-0.25, -0.2) is 0 Å². The van der Waals surface area contributed by atoms with E-state index in [-0.39, 0.29) is 12.1 Å². The summed E-state index contributed by atoms with van der Waals surface area (Å²) in [5, 5.41) is 12.8. The van der Waals surface area contributed by atoms with Gasteiger partial charge in [0, 0.05) is 23.5 Å². The lowest BCUT2D eigenvalue weighted by Gasteiger charge is -2.02. The molecule has 4 N–H and O–H groups in total. The highest BCUT2D eigenvalue weighted by molar-refractivity contribution is 6.38. The molecule has 5 nitrogen and oxygen atoms in total. The highest BCUT2D eigenvalue weighted by Crippen LogP contribution is 2.23. The van der Waals surface area contributed by atoms with E-state index in [1.54, 1.807) is 0 Å². The molecule has 0 aliphatic rings. The third-order valence-corrected chi connectivity index (χ3v) is 3.38. The van der Waals surface area contributed by atoms with Gasteiger partial charge >= 0.3 is 0 Å². The minimum absolute atomic E-state index is 0.0504. The molecule has 0 bridgehead atoms. The molecule has 0 aliphatic carbocycles. The molecule has 0 fully saturated rings. The topological polar surface area (TPSA) is 91.5 Å². The van der Waals surface area contributed by atoms with Crippen LogP contribution in [0.4, 0.5) is 0 Å². The molecule has 0 spiro atoms. The molecule has 0 unspecified atom stereocenters. The van der Waals surface area contributed by atoms with Crippen molar-refractivity contribution >= 4 is 22.5 Å². The zero-order valence-electron chi connectivity index (χ0n) is 12.2. The van der Waals surface area contributed by atoms with Crippen LogP contribution in [0.5, 0.6) is 0 Å². The molecule has 1 heterocycles. The number of aromatic amines is 1. The van der Waals surface area contributed by atoms with E-state index in [0.29, 0.717) is 0 Å². The SMILES string of the molecule is CC(C)=CCc1cccc2c(C/C(=N\O)C(N)=O)c[nH]c12.